The van der Waals surface area contributed by atoms with E-state index in [4.69, 9.17) is 9.84 Å². The molecule has 2 rings (SSSR count). The normalized spacial score (nSPS) is 13.7. The Morgan fingerprint density at radius 3 is 3.05 bits per heavy atom. The number of aliphatic carboxylic acids is 1. The van der Waals surface area contributed by atoms with E-state index in [0.29, 0.717) is 13.2 Å². The van der Waals surface area contributed by atoms with Gasteiger partial charge in [-0.05, 0) is 43.6 Å². The average molecular weight is 292 g/mol. The molecule has 116 valence electrons. The minimum Gasteiger partial charge on any atom is -0.490 e. The number of anilines is 1. The van der Waals surface area contributed by atoms with E-state index in [1.165, 1.54) is 18.4 Å². The molecule has 0 unspecified atom stereocenters. The molecule has 0 spiro atoms. The minimum absolute atomic E-state index is 0.0224. The highest BCUT2D eigenvalue weighted by molar-refractivity contribution is 5.75. The first-order chi connectivity index (χ1) is 10.2. The smallest absolute Gasteiger partial charge is 0.323 e. The predicted octanol–water partition coefficient (Wildman–Crippen LogP) is 1.90. The first-order valence-corrected chi connectivity index (χ1v) is 7.64. The molecule has 0 radical (unpaired) electrons. The van der Waals surface area contributed by atoms with Gasteiger partial charge in [0.25, 0.3) is 0 Å². The van der Waals surface area contributed by atoms with Crippen molar-refractivity contribution in [2.75, 3.05) is 37.7 Å². The summed E-state index contributed by atoms with van der Waals surface area (Å²) in [5.74, 6) is -0.0281. The van der Waals surface area contributed by atoms with Gasteiger partial charge in [0.1, 0.15) is 18.9 Å². The number of carboxylic acid groups (broad SMARTS) is 1. The van der Waals surface area contributed by atoms with Gasteiger partial charge in [-0.2, -0.15) is 0 Å². The highest BCUT2D eigenvalue weighted by atomic mass is 16.5. The third kappa shape index (κ3) is 4.63. The Kier molecular flexibility index (Phi) is 5.87. The Morgan fingerprint density at radius 2 is 2.29 bits per heavy atom. The number of rotatable bonds is 8. The number of nitrogens with one attached hydrogen (secondary N) is 1. The molecule has 21 heavy (non-hydrogen) atoms. The second-order valence-electron chi connectivity index (χ2n) is 5.32. The molecule has 0 amide bonds. The second kappa shape index (κ2) is 7.88. The number of unbranched alkanes of at least 4 members (excludes halogenated alkanes) is 1. The highest BCUT2D eigenvalue weighted by Gasteiger charge is 2.20. The summed E-state index contributed by atoms with van der Waals surface area (Å²) >= 11 is 0. The maximum absolute atomic E-state index is 10.9. The van der Waals surface area contributed by atoms with Gasteiger partial charge in [0.05, 0.1) is 12.2 Å². The van der Waals surface area contributed by atoms with Gasteiger partial charge in [0, 0.05) is 0 Å². The number of ether oxygens (including phenoxy) is 1. The van der Waals surface area contributed by atoms with E-state index in [1.807, 2.05) is 11.0 Å². The molecular weight excluding hydrogens is 268 g/mol. The number of nitrogens with zero attached hydrogens (tertiary/aromatic N) is 1. The fourth-order valence-corrected chi connectivity index (χ4v) is 2.46. The minimum atomic E-state index is -0.811. The fourth-order valence-electron chi connectivity index (χ4n) is 2.46. The van der Waals surface area contributed by atoms with Crippen molar-refractivity contribution in [3.05, 3.63) is 23.8 Å². The van der Waals surface area contributed by atoms with E-state index in [9.17, 15) is 4.79 Å². The van der Waals surface area contributed by atoms with E-state index in [2.05, 4.69) is 24.4 Å². The summed E-state index contributed by atoms with van der Waals surface area (Å²) in [6.45, 7) is 5.36. The maximum atomic E-state index is 10.9. The monoisotopic (exact) mass is 292 g/mol. The molecule has 1 aliphatic rings. The molecule has 0 aliphatic carbocycles. The van der Waals surface area contributed by atoms with E-state index in [1.54, 1.807) is 0 Å². The standard InChI is InChI=1S/C16H24N2O3/c1-2-3-7-17-8-6-13-4-5-15-14(11-13)18(9-10-21-15)12-16(19)20/h4-5,11,17H,2-3,6-10,12H2,1H3,(H,19,20). The van der Waals surface area contributed by atoms with Crippen molar-refractivity contribution in [3.63, 3.8) is 0 Å². The third-order valence-electron chi connectivity index (χ3n) is 3.61. The van der Waals surface area contributed by atoms with Crippen LogP contribution in [0.4, 0.5) is 5.69 Å². The molecule has 1 aromatic rings. The lowest BCUT2D eigenvalue weighted by Crippen LogP contribution is -2.36. The zero-order valence-corrected chi connectivity index (χ0v) is 12.6. The topological polar surface area (TPSA) is 61.8 Å². The van der Waals surface area contributed by atoms with Crippen LogP contribution in [0.25, 0.3) is 0 Å². The molecule has 5 nitrogen and oxygen atoms in total. The molecule has 0 bridgehead atoms. The molecular formula is C16H24N2O3. The van der Waals surface area contributed by atoms with E-state index >= 15 is 0 Å². The molecule has 0 aromatic heterocycles. The molecule has 1 aliphatic heterocycles. The summed E-state index contributed by atoms with van der Waals surface area (Å²) in [6, 6.07) is 6.06. The second-order valence-corrected chi connectivity index (χ2v) is 5.32. The van der Waals surface area contributed by atoms with Gasteiger partial charge in [-0.3, -0.25) is 4.79 Å². The Labute approximate surface area is 125 Å². The predicted molar refractivity (Wildman–Crippen MR) is 83.3 cm³/mol. The summed E-state index contributed by atoms with van der Waals surface area (Å²) in [6.07, 6.45) is 3.34. The van der Waals surface area contributed by atoms with Crippen molar-refractivity contribution in [2.24, 2.45) is 0 Å². The lowest BCUT2D eigenvalue weighted by atomic mass is 10.1. The number of hydrogen-bond acceptors (Lipinski definition) is 4. The zero-order chi connectivity index (χ0) is 15.1. The molecule has 0 saturated carbocycles. The number of hydrogen-bond donors (Lipinski definition) is 2. The van der Waals surface area contributed by atoms with Crippen LogP contribution in [0, 0.1) is 0 Å². The molecule has 1 heterocycles. The van der Waals surface area contributed by atoms with E-state index < -0.39 is 5.97 Å². The lowest BCUT2D eigenvalue weighted by Gasteiger charge is -2.30. The largest absolute Gasteiger partial charge is 0.490 e. The van der Waals surface area contributed by atoms with Crippen molar-refractivity contribution in [1.82, 2.24) is 5.32 Å². The molecule has 2 N–H and O–H groups in total. The zero-order valence-electron chi connectivity index (χ0n) is 12.6. The number of fused-ring (bicyclic) bond motifs is 1. The van der Waals surface area contributed by atoms with Crippen LogP contribution in [0.2, 0.25) is 0 Å². The summed E-state index contributed by atoms with van der Waals surface area (Å²) in [4.78, 5) is 12.8. The van der Waals surface area contributed by atoms with Crippen LogP contribution in [0.1, 0.15) is 25.3 Å². The van der Waals surface area contributed by atoms with Gasteiger partial charge < -0.3 is 20.1 Å². The van der Waals surface area contributed by atoms with Gasteiger partial charge in [-0.15, -0.1) is 0 Å². The molecule has 5 heteroatoms. The first-order valence-electron chi connectivity index (χ1n) is 7.64. The number of carboxylic acids is 1. The fraction of sp³-hybridized carbons (Fsp3) is 0.562. The third-order valence-corrected chi connectivity index (χ3v) is 3.61. The number of benzene rings is 1. The van der Waals surface area contributed by atoms with Gasteiger partial charge >= 0.3 is 5.97 Å². The summed E-state index contributed by atoms with van der Waals surface area (Å²) in [5, 5.41) is 12.4. The SMILES string of the molecule is CCCCNCCc1ccc2c(c1)N(CC(=O)O)CCO2. The van der Waals surface area contributed by atoms with Crippen LogP contribution < -0.4 is 15.0 Å². The molecule has 0 fully saturated rings. The van der Waals surface area contributed by atoms with Crippen molar-refractivity contribution in [3.8, 4) is 5.75 Å². The van der Waals surface area contributed by atoms with Crippen molar-refractivity contribution in [2.45, 2.75) is 26.2 Å². The summed E-state index contributed by atoms with van der Waals surface area (Å²) in [7, 11) is 0. The Morgan fingerprint density at radius 1 is 1.43 bits per heavy atom. The van der Waals surface area contributed by atoms with Crippen molar-refractivity contribution < 1.29 is 14.6 Å². The van der Waals surface area contributed by atoms with Gasteiger partial charge in [0.2, 0.25) is 0 Å². The Balaban J connectivity index is 1.97. The van der Waals surface area contributed by atoms with Crippen LogP contribution in [0.3, 0.4) is 0 Å². The van der Waals surface area contributed by atoms with Gasteiger partial charge in [-0.1, -0.05) is 19.4 Å². The van der Waals surface area contributed by atoms with Crippen LogP contribution in [-0.2, 0) is 11.2 Å². The quantitative estimate of drug-likeness (QED) is 0.717. The first kappa shape index (κ1) is 15.6. The Hall–Kier alpha value is -1.75. The average Bonchev–Trinajstić information content (AvgIpc) is 2.47. The van der Waals surface area contributed by atoms with Crippen LogP contribution in [0.15, 0.2) is 18.2 Å². The summed E-state index contributed by atoms with van der Waals surface area (Å²) in [5.41, 5.74) is 2.10. The lowest BCUT2D eigenvalue weighted by molar-refractivity contribution is -0.135. The molecule has 1 aromatic carbocycles. The maximum Gasteiger partial charge on any atom is 0.323 e. The molecule has 0 atom stereocenters. The van der Waals surface area contributed by atoms with Crippen molar-refractivity contribution in [1.29, 1.82) is 0 Å². The van der Waals surface area contributed by atoms with E-state index in [-0.39, 0.29) is 6.54 Å². The van der Waals surface area contributed by atoms with Crippen molar-refractivity contribution >= 4 is 11.7 Å². The Bertz CT molecular complexity index is 477. The van der Waals surface area contributed by atoms with E-state index in [0.717, 1.165) is 30.9 Å². The molecule has 0 saturated heterocycles. The van der Waals surface area contributed by atoms with Crippen LogP contribution in [0.5, 0.6) is 5.75 Å². The summed E-state index contributed by atoms with van der Waals surface area (Å²) < 4.78 is 5.60. The number of carbonyl (C=O) groups is 1. The van der Waals surface area contributed by atoms with Gasteiger partial charge in [-0.25, -0.2) is 0 Å². The highest BCUT2D eigenvalue weighted by Crippen LogP contribution is 2.32. The van der Waals surface area contributed by atoms with Crippen LogP contribution >= 0.6 is 0 Å². The van der Waals surface area contributed by atoms with Gasteiger partial charge in [0.15, 0.2) is 0 Å². The van der Waals surface area contributed by atoms with Crippen LogP contribution in [-0.4, -0.2) is 43.9 Å².